The lowest BCUT2D eigenvalue weighted by atomic mass is 10.1. The van der Waals surface area contributed by atoms with Crippen molar-refractivity contribution in [3.63, 3.8) is 0 Å². The first kappa shape index (κ1) is 16.6. The molecular formula is C11H16BrNO4S2. The van der Waals surface area contributed by atoms with E-state index in [1.165, 1.54) is 0 Å². The molecule has 1 atom stereocenters. The molecule has 108 valence electrons. The average molecular weight is 370 g/mol. The molecule has 0 aliphatic heterocycles. The fraction of sp³-hybridized carbons (Fsp3) is 0.545. The van der Waals surface area contributed by atoms with Crippen LogP contribution < -0.4 is 4.72 Å². The highest BCUT2D eigenvalue weighted by molar-refractivity contribution is 9.11. The third kappa shape index (κ3) is 4.55. The summed E-state index contributed by atoms with van der Waals surface area (Å²) in [4.78, 5) is 11.0. The Hall–Kier alpha value is -0.440. The maximum absolute atomic E-state index is 12.0. The number of carboxylic acid groups (broad SMARTS) is 1. The molecule has 0 spiro atoms. The first-order chi connectivity index (χ1) is 8.77. The van der Waals surface area contributed by atoms with Gasteiger partial charge in [-0.25, -0.2) is 13.1 Å². The zero-order chi connectivity index (χ0) is 14.6. The number of hydrogen-bond donors (Lipinski definition) is 2. The van der Waals surface area contributed by atoms with Crippen molar-refractivity contribution in [3.8, 4) is 0 Å². The number of nitrogens with one attached hydrogen (secondary N) is 1. The standard InChI is InChI=1S/C11H16BrNO4S2/c1-3-4-8(11(14)15)6-13-19(16,17)9-5-7(2)10(12)18-9/h5,8,13H,3-4,6H2,1-2H3,(H,14,15). The Labute approximate surface area is 125 Å². The fourth-order valence-corrected chi connectivity index (χ4v) is 4.86. The summed E-state index contributed by atoms with van der Waals surface area (Å²) >= 11 is 4.38. The van der Waals surface area contributed by atoms with Crippen molar-refractivity contribution < 1.29 is 18.3 Å². The first-order valence-corrected chi connectivity index (χ1v) is 8.85. The molecule has 1 unspecified atom stereocenters. The van der Waals surface area contributed by atoms with Crippen molar-refractivity contribution in [1.82, 2.24) is 4.72 Å². The van der Waals surface area contributed by atoms with Gasteiger partial charge in [0.25, 0.3) is 0 Å². The highest BCUT2D eigenvalue weighted by Crippen LogP contribution is 2.30. The van der Waals surface area contributed by atoms with Crippen molar-refractivity contribution in [1.29, 1.82) is 0 Å². The van der Waals surface area contributed by atoms with Gasteiger partial charge in [-0.15, -0.1) is 11.3 Å². The molecule has 0 radical (unpaired) electrons. The van der Waals surface area contributed by atoms with Crippen LogP contribution >= 0.6 is 27.3 Å². The lowest BCUT2D eigenvalue weighted by molar-refractivity contribution is -0.141. The van der Waals surface area contributed by atoms with Gasteiger partial charge in [-0.2, -0.15) is 0 Å². The summed E-state index contributed by atoms with van der Waals surface area (Å²) in [5, 5.41) is 8.98. The third-order valence-electron chi connectivity index (χ3n) is 2.61. The molecule has 0 aliphatic carbocycles. The summed E-state index contributed by atoms with van der Waals surface area (Å²) in [6.45, 7) is 3.58. The summed E-state index contributed by atoms with van der Waals surface area (Å²) in [6, 6.07) is 1.56. The first-order valence-electron chi connectivity index (χ1n) is 5.76. The van der Waals surface area contributed by atoms with Gasteiger partial charge in [0.15, 0.2) is 0 Å². The molecule has 1 rings (SSSR count). The highest BCUT2D eigenvalue weighted by atomic mass is 79.9. The molecular weight excluding hydrogens is 354 g/mol. The van der Waals surface area contributed by atoms with Gasteiger partial charge in [0, 0.05) is 6.54 Å². The van der Waals surface area contributed by atoms with E-state index in [1.54, 1.807) is 13.0 Å². The van der Waals surface area contributed by atoms with E-state index in [-0.39, 0.29) is 10.8 Å². The predicted molar refractivity (Wildman–Crippen MR) is 78.0 cm³/mol. The molecule has 19 heavy (non-hydrogen) atoms. The van der Waals surface area contributed by atoms with Gasteiger partial charge in [-0.3, -0.25) is 4.79 Å². The van der Waals surface area contributed by atoms with Crippen LogP contribution in [0.5, 0.6) is 0 Å². The Balaban J connectivity index is 2.77. The predicted octanol–water partition coefficient (Wildman–Crippen LogP) is 2.60. The van der Waals surface area contributed by atoms with Crippen LogP contribution in [0.3, 0.4) is 0 Å². The van der Waals surface area contributed by atoms with Gasteiger partial charge in [0.1, 0.15) is 4.21 Å². The molecule has 1 heterocycles. The van der Waals surface area contributed by atoms with E-state index < -0.39 is 21.9 Å². The lowest BCUT2D eigenvalue weighted by Crippen LogP contribution is -2.32. The zero-order valence-electron chi connectivity index (χ0n) is 10.6. The van der Waals surface area contributed by atoms with Crippen LogP contribution in [-0.2, 0) is 14.8 Å². The van der Waals surface area contributed by atoms with E-state index in [0.717, 1.165) is 20.7 Å². The minimum Gasteiger partial charge on any atom is -0.481 e. The number of thiophene rings is 1. The molecule has 1 aromatic rings. The molecule has 0 aromatic carbocycles. The van der Waals surface area contributed by atoms with Crippen LogP contribution in [-0.4, -0.2) is 26.0 Å². The Bertz CT molecular complexity index is 534. The van der Waals surface area contributed by atoms with E-state index in [2.05, 4.69) is 20.7 Å². The number of carboxylic acids is 1. The third-order valence-corrected chi connectivity index (χ3v) is 6.64. The van der Waals surface area contributed by atoms with Crippen molar-refractivity contribution in [2.75, 3.05) is 6.54 Å². The zero-order valence-corrected chi connectivity index (χ0v) is 13.9. The van der Waals surface area contributed by atoms with Crippen molar-refractivity contribution in [2.24, 2.45) is 5.92 Å². The number of rotatable bonds is 7. The minimum atomic E-state index is -3.63. The Kier molecular flexibility index (Phi) is 5.97. The molecule has 0 amide bonds. The van der Waals surface area contributed by atoms with Crippen LogP contribution in [0.2, 0.25) is 0 Å². The van der Waals surface area contributed by atoms with Crippen molar-refractivity contribution in [3.05, 3.63) is 15.4 Å². The molecule has 0 saturated carbocycles. The van der Waals surface area contributed by atoms with Crippen LogP contribution in [0.4, 0.5) is 0 Å². The maximum atomic E-state index is 12.0. The van der Waals surface area contributed by atoms with Gasteiger partial charge in [-0.1, -0.05) is 13.3 Å². The summed E-state index contributed by atoms with van der Waals surface area (Å²) in [7, 11) is -3.63. The highest BCUT2D eigenvalue weighted by Gasteiger charge is 2.22. The SMILES string of the molecule is CCCC(CNS(=O)(=O)c1cc(C)c(Br)s1)C(=O)O. The summed E-state index contributed by atoms with van der Waals surface area (Å²) in [5.41, 5.74) is 0.841. The van der Waals surface area contributed by atoms with Crippen LogP contribution in [0.15, 0.2) is 14.1 Å². The van der Waals surface area contributed by atoms with E-state index in [0.29, 0.717) is 12.8 Å². The van der Waals surface area contributed by atoms with Crippen LogP contribution in [0.25, 0.3) is 0 Å². The van der Waals surface area contributed by atoms with Gasteiger partial charge in [0.2, 0.25) is 10.0 Å². The lowest BCUT2D eigenvalue weighted by Gasteiger charge is -2.11. The monoisotopic (exact) mass is 369 g/mol. The van der Waals surface area contributed by atoms with Crippen LogP contribution in [0, 0.1) is 12.8 Å². The van der Waals surface area contributed by atoms with E-state index in [1.807, 2.05) is 6.92 Å². The van der Waals surface area contributed by atoms with Gasteiger partial charge >= 0.3 is 5.97 Å². The largest absolute Gasteiger partial charge is 0.481 e. The maximum Gasteiger partial charge on any atom is 0.307 e. The van der Waals surface area contributed by atoms with Gasteiger partial charge in [0.05, 0.1) is 9.70 Å². The second-order valence-corrected chi connectivity index (χ2v) is 8.56. The van der Waals surface area contributed by atoms with E-state index in [4.69, 9.17) is 5.11 Å². The molecule has 8 heteroatoms. The molecule has 0 aliphatic rings. The molecule has 1 aromatic heterocycles. The van der Waals surface area contributed by atoms with Crippen molar-refractivity contribution in [2.45, 2.75) is 30.9 Å². The number of halogens is 1. The second-order valence-electron chi connectivity index (χ2n) is 4.20. The Morgan fingerprint density at radius 1 is 1.58 bits per heavy atom. The number of aryl methyl sites for hydroxylation is 1. The number of hydrogen-bond acceptors (Lipinski definition) is 4. The van der Waals surface area contributed by atoms with E-state index in [9.17, 15) is 13.2 Å². The van der Waals surface area contributed by atoms with Gasteiger partial charge in [-0.05, 0) is 40.9 Å². The molecule has 0 bridgehead atoms. The summed E-state index contributed by atoms with van der Waals surface area (Å²) in [5.74, 6) is -1.67. The molecule has 0 saturated heterocycles. The van der Waals surface area contributed by atoms with Crippen molar-refractivity contribution >= 4 is 43.3 Å². The minimum absolute atomic E-state index is 0.0833. The second kappa shape index (κ2) is 6.83. The number of aliphatic carboxylic acids is 1. The summed E-state index contributed by atoms with van der Waals surface area (Å²) in [6.07, 6.45) is 1.15. The normalized spacial score (nSPS) is 13.4. The number of sulfonamides is 1. The topological polar surface area (TPSA) is 83.5 Å². The summed E-state index contributed by atoms with van der Waals surface area (Å²) < 4.78 is 27.3. The number of carbonyl (C=O) groups is 1. The van der Waals surface area contributed by atoms with E-state index >= 15 is 0 Å². The quantitative estimate of drug-likeness (QED) is 0.773. The molecule has 2 N–H and O–H groups in total. The smallest absolute Gasteiger partial charge is 0.307 e. The average Bonchev–Trinajstić information content (AvgIpc) is 2.65. The Morgan fingerprint density at radius 2 is 2.21 bits per heavy atom. The Morgan fingerprint density at radius 3 is 2.63 bits per heavy atom. The fourth-order valence-electron chi connectivity index (χ4n) is 1.51. The molecule has 0 fully saturated rings. The van der Waals surface area contributed by atoms with Gasteiger partial charge < -0.3 is 5.11 Å². The van der Waals surface area contributed by atoms with Crippen LogP contribution in [0.1, 0.15) is 25.3 Å². The molecule has 5 nitrogen and oxygen atoms in total.